The Labute approximate surface area is 104 Å². The molecule has 1 rings (SSSR count). The summed E-state index contributed by atoms with van der Waals surface area (Å²) < 4.78 is 23.8. The molecule has 5 nitrogen and oxygen atoms in total. The first-order chi connectivity index (χ1) is 8.02. The second kappa shape index (κ2) is 5.66. The Bertz CT molecular complexity index is 558. The highest BCUT2D eigenvalue weighted by molar-refractivity contribution is 8.07. The Morgan fingerprint density at radius 2 is 2.06 bits per heavy atom. The molecule has 0 aliphatic rings. The number of nitrogens with zero attached hydrogens (tertiary/aromatic N) is 2. The summed E-state index contributed by atoms with van der Waals surface area (Å²) in [6.07, 6.45) is 0. The van der Waals surface area contributed by atoms with Gasteiger partial charge in [-0.1, -0.05) is 16.8 Å². The summed E-state index contributed by atoms with van der Waals surface area (Å²) in [5, 5.41) is 11.7. The zero-order chi connectivity index (χ0) is 12.9. The van der Waals surface area contributed by atoms with Gasteiger partial charge < -0.3 is 4.84 Å². The molecule has 0 atom stereocenters. The van der Waals surface area contributed by atoms with Gasteiger partial charge in [0.25, 0.3) is 5.04 Å². The highest BCUT2D eigenvalue weighted by Crippen LogP contribution is 2.16. The minimum absolute atomic E-state index is 0.0538. The van der Waals surface area contributed by atoms with Crippen molar-refractivity contribution in [2.45, 2.75) is 11.8 Å². The molecule has 0 radical (unpaired) electrons. The summed E-state index contributed by atoms with van der Waals surface area (Å²) in [5.41, 5.74) is 0. The topological polar surface area (TPSA) is 79.5 Å². The molecule has 0 saturated carbocycles. The van der Waals surface area contributed by atoms with Gasteiger partial charge in [0.15, 0.2) is 0 Å². The lowest BCUT2D eigenvalue weighted by molar-refractivity contribution is 0.160. The van der Waals surface area contributed by atoms with Crippen LogP contribution in [0.1, 0.15) is 6.92 Å². The van der Waals surface area contributed by atoms with Crippen LogP contribution in [0.2, 0.25) is 5.02 Å². The minimum atomic E-state index is -3.93. The number of benzene rings is 1. The quantitative estimate of drug-likeness (QED) is 0.479. The molecule has 0 N–H and O–H groups in total. The predicted molar refractivity (Wildman–Crippen MR) is 63.3 cm³/mol. The van der Waals surface area contributed by atoms with Crippen LogP contribution in [-0.4, -0.2) is 20.1 Å². The van der Waals surface area contributed by atoms with Crippen LogP contribution in [0.3, 0.4) is 0 Å². The monoisotopic (exact) mass is 272 g/mol. The van der Waals surface area contributed by atoms with Gasteiger partial charge in [-0.2, -0.15) is 5.26 Å². The maximum atomic E-state index is 11.9. The van der Waals surface area contributed by atoms with Crippen LogP contribution < -0.4 is 0 Å². The largest absolute Gasteiger partial charge is 0.394 e. The first-order valence-corrected chi connectivity index (χ1v) is 6.49. The van der Waals surface area contributed by atoms with Gasteiger partial charge in [0, 0.05) is 5.02 Å². The molecular weight excluding hydrogens is 264 g/mol. The summed E-state index contributed by atoms with van der Waals surface area (Å²) in [6.45, 7) is 1.81. The van der Waals surface area contributed by atoms with Crippen molar-refractivity contribution in [2.75, 3.05) is 6.61 Å². The molecule has 17 heavy (non-hydrogen) atoms. The number of oxime groups is 1. The van der Waals surface area contributed by atoms with E-state index in [4.69, 9.17) is 16.9 Å². The fourth-order valence-electron chi connectivity index (χ4n) is 0.978. The van der Waals surface area contributed by atoms with Crippen LogP contribution in [0, 0.1) is 11.3 Å². The number of nitriles is 1. The highest BCUT2D eigenvalue weighted by atomic mass is 35.5. The summed E-state index contributed by atoms with van der Waals surface area (Å²) in [5.74, 6) is 0. The molecule has 0 heterocycles. The third kappa shape index (κ3) is 3.19. The molecule has 0 spiro atoms. The van der Waals surface area contributed by atoms with E-state index in [2.05, 4.69) is 9.99 Å². The van der Waals surface area contributed by atoms with Gasteiger partial charge in [0.05, 0.1) is 4.90 Å². The van der Waals surface area contributed by atoms with Crippen LogP contribution >= 0.6 is 11.6 Å². The van der Waals surface area contributed by atoms with E-state index in [0.29, 0.717) is 5.02 Å². The van der Waals surface area contributed by atoms with E-state index in [-0.39, 0.29) is 11.5 Å². The Balaban J connectivity index is 3.19. The van der Waals surface area contributed by atoms with E-state index in [0.717, 1.165) is 0 Å². The first-order valence-electron chi connectivity index (χ1n) is 4.63. The Morgan fingerprint density at radius 1 is 1.47 bits per heavy atom. The van der Waals surface area contributed by atoms with E-state index in [1.54, 1.807) is 6.92 Å². The fraction of sp³-hybridized carbons (Fsp3) is 0.200. The fourth-order valence-corrected chi connectivity index (χ4v) is 2.09. The molecule has 1 aromatic rings. The Hall–Kier alpha value is -1.58. The third-order valence-electron chi connectivity index (χ3n) is 1.75. The van der Waals surface area contributed by atoms with Crippen molar-refractivity contribution in [3.63, 3.8) is 0 Å². The molecule has 0 unspecified atom stereocenters. The molecule has 0 aliphatic heterocycles. The van der Waals surface area contributed by atoms with Crippen LogP contribution in [0.15, 0.2) is 34.3 Å². The SMILES string of the molecule is CCON=C(C#N)S(=O)(=O)c1ccc(Cl)cc1. The molecule has 90 valence electrons. The van der Waals surface area contributed by atoms with Crippen molar-refractivity contribution in [1.82, 2.24) is 0 Å². The average Bonchev–Trinajstić information content (AvgIpc) is 2.30. The van der Waals surface area contributed by atoms with E-state index in [9.17, 15) is 8.42 Å². The molecule has 0 bridgehead atoms. The number of hydrogen-bond donors (Lipinski definition) is 0. The number of halogens is 1. The summed E-state index contributed by atoms with van der Waals surface area (Å²) in [7, 11) is -3.93. The molecule has 0 aromatic heterocycles. The van der Waals surface area contributed by atoms with Crippen LogP contribution in [0.4, 0.5) is 0 Å². The van der Waals surface area contributed by atoms with E-state index in [1.807, 2.05) is 0 Å². The predicted octanol–water partition coefficient (Wildman–Crippen LogP) is 1.99. The summed E-state index contributed by atoms with van der Waals surface area (Å²) >= 11 is 5.64. The van der Waals surface area contributed by atoms with E-state index < -0.39 is 14.9 Å². The van der Waals surface area contributed by atoms with E-state index >= 15 is 0 Å². The maximum Gasteiger partial charge on any atom is 0.275 e. The average molecular weight is 273 g/mol. The number of sulfone groups is 1. The lowest BCUT2D eigenvalue weighted by atomic mass is 10.4. The normalized spacial score (nSPS) is 11.9. The molecule has 1 aromatic carbocycles. The molecule has 0 aliphatic carbocycles. The van der Waals surface area contributed by atoms with Gasteiger partial charge in [-0.15, -0.1) is 0 Å². The van der Waals surface area contributed by atoms with Gasteiger partial charge >= 0.3 is 0 Å². The van der Waals surface area contributed by atoms with Gasteiger partial charge in [0.2, 0.25) is 9.84 Å². The van der Waals surface area contributed by atoms with Crippen molar-refractivity contribution in [2.24, 2.45) is 5.16 Å². The van der Waals surface area contributed by atoms with Crippen molar-refractivity contribution >= 4 is 26.5 Å². The lowest BCUT2D eigenvalue weighted by Gasteiger charge is -2.01. The second-order valence-corrected chi connectivity index (χ2v) is 5.18. The lowest BCUT2D eigenvalue weighted by Crippen LogP contribution is -2.13. The van der Waals surface area contributed by atoms with Crippen molar-refractivity contribution in [1.29, 1.82) is 5.26 Å². The summed E-state index contributed by atoms with van der Waals surface area (Å²) in [4.78, 5) is 4.52. The van der Waals surface area contributed by atoms with Gasteiger partial charge in [0.1, 0.15) is 12.7 Å². The third-order valence-corrected chi connectivity index (χ3v) is 3.57. The smallest absolute Gasteiger partial charge is 0.275 e. The summed E-state index contributed by atoms with van der Waals surface area (Å²) in [6, 6.07) is 6.94. The minimum Gasteiger partial charge on any atom is -0.394 e. The number of hydrogen-bond acceptors (Lipinski definition) is 5. The molecular formula is C10H9ClN2O3S. The van der Waals surface area contributed by atoms with Crippen LogP contribution in [0.5, 0.6) is 0 Å². The number of rotatable bonds is 3. The Morgan fingerprint density at radius 3 is 2.53 bits per heavy atom. The van der Waals surface area contributed by atoms with E-state index in [1.165, 1.54) is 30.3 Å². The van der Waals surface area contributed by atoms with Gasteiger partial charge in [-0.3, -0.25) is 0 Å². The van der Waals surface area contributed by atoms with Gasteiger partial charge in [-0.05, 0) is 31.2 Å². The van der Waals surface area contributed by atoms with Crippen molar-refractivity contribution in [3.05, 3.63) is 29.3 Å². The molecule has 7 heteroatoms. The molecule has 0 fully saturated rings. The van der Waals surface area contributed by atoms with Crippen LogP contribution in [-0.2, 0) is 14.7 Å². The zero-order valence-corrected chi connectivity index (χ0v) is 10.5. The first kappa shape index (κ1) is 13.5. The highest BCUT2D eigenvalue weighted by Gasteiger charge is 2.23. The second-order valence-electron chi connectivity index (χ2n) is 2.88. The van der Waals surface area contributed by atoms with Crippen LogP contribution in [0.25, 0.3) is 0 Å². The molecule has 0 saturated heterocycles. The zero-order valence-electron chi connectivity index (χ0n) is 8.92. The molecule has 0 amide bonds. The van der Waals surface area contributed by atoms with Crippen molar-refractivity contribution in [3.8, 4) is 6.07 Å². The maximum absolute atomic E-state index is 11.9. The Kier molecular flexibility index (Phi) is 4.49. The standard InChI is InChI=1S/C10H9ClN2O3S/c1-2-16-13-10(7-12)17(14,15)9-5-3-8(11)4-6-9/h3-6H,2H2,1H3. The van der Waals surface area contributed by atoms with Gasteiger partial charge in [-0.25, -0.2) is 8.42 Å². The van der Waals surface area contributed by atoms with Crippen molar-refractivity contribution < 1.29 is 13.3 Å².